The molecule has 24 heavy (non-hydrogen) atoms. The van der Waals surface area contributed by atoms with E-state index >= 15 is 0 Å². The second-order valence-electron chi connectivity index (χ2n) is 4.66. The lowest BCUT2D eigenvalue weighted by molar-refractivity contribution is -0.0360. The third-order valence-electron chi connectivity index (χ3n) is 2.58. The van der Waals surface area contributed by atoms with Crippen molar-refractivity contribution >= 4 is 23.5 Å². The fourth-order valence-corrected chi connectivity index (χ4v) is 4.90. The Labute approximate surface area is 137 Å². The molecular weight excluding hydrogens is 393 g/mol. The van der Waals surface area contributed by atoms with Gasteiger partial charge in [-0.3, -0.25) is 4.52 Å². The van der Waals surface area contributed by atoms with E-state index in [0.717, 1.165) is 0 Å². The van der Waals surface area contributed by atoms with Gasteiger partial charge < -0.3 is 29.0 Å². The van der Waals surface area contributed by atoms with Crippen LogP contribution >= 0.6 is 23.5 Å². The molecule has 1 fully saturated rings. The van der Waals surface area contributed by atoms with Gasteiger partial charge >= 0.3 is 23.5 Å². The molecule has 15 heteroatoms. The van der Waals surface area contributed by atoms with Gasteiger partial charge in [-0.25, -0.2) is 13.7 Å². The van der Waals surface area contributed by atoms with Gasteiger partial charge in [-0.1, -0.05) is 5.92 Å². The Morgan fingerprint density at radius 3 is 2.33 bits per heavy atom. The maximum atomic E-state index is 11.6. The number of hydrogen-bond acceptors (Lipinski definition) is 8. The maximum Gasteiger partial charge on any atom is 0.490 e. The first-order valence-electron chi connectivity index (χ1n) is 6.32. The molecule has 0 aromatic heterocycles. The van der Waals surface area contributed by atoms with Gasteiger partial charge in [0.1, 0.15) is 12.7 Å². The van der Waals surface area contributed by atoms with E-state index < -0.39 is 42.3 Å². The standard InChI is InChI=1S/C9H17O12P3/c1-3-4-17-8-5-7(2)19-9(8)6-18-23(13,14)21-24(15,16)20-22(10,11)12/h1,7-9H,4-6H2,2H3,(H,13,14)(H,15,16)(H2,10,11,12). The van der Waals surface area contributed by atoms with Crippen LogP contribution < -0.4 is 0 Å². The second-order valence-corrected chi connectivity index (χ2v) is 9.08. The molecule has 12 nitrogen and oxygen atoms in total. The summed E-state index contributed by atoms with van der Waals surface area (Å²) < 4.78 is 55.6. The van der Waals surface area contributed by atoms with Gasteiger partial charge in [0.25, 0.3) is 0 Å². The van der Waals surface area contributed by atoms with E-state index in [4.69, 9.17) is 30.6 Å². The topological polar surface area (TPSA) is 178 Å². The largest absolute Gasteiger partial charge is 0.490 e. The zero-order chi connectivity index (χ0) is 18.6. The quantitative estimate of drug-likeness (QED) is 0.306. The highest BCUT2D eigenvalue weighted by Crippen LogP contribution is 2.66. The van der Waals surface area contributed by atoms with Gasteiger partial charge in [-0.15, -0.1) is 6.42 Å². The predicted molar refractivity (Wildman–Crippen MR) is 77.3 cm³/mol. The Balaban J connectivity index is 2.61. The number of rotatable bonds is 9. The van der Waals surface area contributed by atoms with E-state index in [1.165, 1.54) is 0 Å². The molecule has 0 bridgehead atoms. The molecule has 0 radical (unpaired) electrons. The van der Waals surface area contributed by atoms with Crippen LogP contribution in [0.1, 0.15) is 13.3 Å². The molecule has 1 aliphatic rings. The van der Waals surface area contributed by atoms with Crippen LogP contribution in [0.3, 0.4) is 0 Å². The molecule has 0 aromatic rings. The monoisotopic (exact) mass is 410 g/mol. The molecule has 0 aliphatic carbocycles. The van der Waals surface area contributed by atoms with Crippen molar-refractivity contribution in [2.24, 2.45) is 0 Å². The van der Waals surface area contributed by atoms with Gasteiger partial charge in [0.15, 0.2) is 0 Å². The summed E-state index contributed by atoms with van der Waals surface area (Å²) >= 11 is 0. The zero-order valence-electron chi connectivity index (χ0n) is 12.3. The summed E-state index contributed by atoms with van der Waals surface area (Å²) in [7, 11) is -16.2. The highest BCUT2D eigenvalue weighted by molar-refractivity contribution is 7.66. The number of hydrogen-bond donors (Lipinski definition) is 4. The predicted octanol–water partition coefficient (Wildman–Crippen LogP) is 0.525. The van der Waals surface area contributed by atoms with Crippen LogP contribution in [0.15, 0.2) is 0 Å². The van der Waals surface area contributed by atoms with Gasteiger partial charge in [-0.2, -0.15) is 8.62 Å². The first-order chi connectivity index (χ1) is 10.8. The Bertz CT molecular complexity index is 607. The fraction of sp³-hybridized carbons (Fsp3) is 0.778. The number of ether oxygens (including phenoxy) is 2. The van der Waals surface area contributed by atoms with Crippen LogP contribution in [0.25, 0.3) is 0 Å². The molecule has 0 amide bonds. The molecule has 1 aliphatic heterocycles. The minimum atomic E-state index is -5.54. The first-order valence-corrected chi connectivity index (χ1v) is 10.8. The average Bonchev–Trinajstić information content (AvgIpc) is 2.70. The summed E-state index contributed by atoms with van der Waals surface area (Å²) in [5.41, 5.74) is 0. The maximum absolute atomic E-state index is 11.6. The summed E-state index contributed by atoms with van der Waals surface area (Å²) in [5, 5.41) is 0. The third kappa shape index (κ3) is 8.32. The lowest BCUT2D eigenvalue weighted by Crippen LogP contribution is -2.29. The third-order valence-corrected chi connectivity index (χ3v) is 6.39. The van der Waals surface area contributed by atoms with E-state index in [9.17, 15) is 18.6 Å². The minimum absolute atomic E-state index is 0.0213. The van der Waals surface area contributed by atoms with Crippen molar-refractivity contribution < 1.29 is 55.9 Å². The van der Waals surface area contributed by atoms with Crippen LogP contribution in [-0.4, -0.2) is 51.1 Å². The second kappa shape index (κ2) is 8.52. The van der Waals surface area contributed by atoms with Crippen molar-refractivity contribution in [3.63, 3.8) is 0 Å². The highest BCUT2D eigenvalue weighted by atomic mass is 31.3. The zero-order valence-corrected chi connectivity index (χ0v) is 15.0. The summed E-state index contributed by atoms with van der Waals surface area (Å²) in [6.45, 7) is 1.13. The van der Waals surface area contributed by atoms with Crippen molar-refractivity contribution in [2.45, 2.75) is 31.7 Å². The Hall–Kier alpha value is -0.110. The van der Waals surface area contributed by atoms with E-state index in [0.29, 0.717) is 6.42 Å². The molecule has 1 heterocycles. The van der Waals surface area contributed by atoms with Crippen LogP contribution in [0.2, 0.25) is 0 Å². The van der Waals surface area contributed by atoms with Crippen molar-refractivity contribution in [2.75, 3.05) is 13.2 Å². The molecule has 5 unspecified atom stereocenters. The Kier molecular flexibility index (Phi) is 7.78. The smallest absolute Gasteiger partial charge is 0.370 e. The van der Waals surface area contributed by atoms with E-state index in [1.54, 1.807) is 6.92 Å². The minimum Gasteiger partial charge on any atom is -0.370 e. The lowest BCUT2D eigenvalue weighted by atomic mass is 10.1. The molecule has 140 valence electrons. The summed E-state index contributed by atoms with van der Waals surface area (Å²) in [4.78, 5) is 35.2. The van der Waals surface area contributed by atoms with Crippen molar-refractivity contribution in [1.29, 1.82) is 0 Å². The van der Waals surface area contributed by atoms with Crippen LogP contribution in [0.4, 0.5) is 0 Å². The number of terminal acetylenes is 1. The summed E-state index contributed by atoms with van der Waals surface area (Å²) in [6.07, 6.45) is 3.90. The van der Waals surface area contributed by atoms with Crippen LogP contribution in [0, 0.1) is 12.3 Å². The molecule has 1 rings (SSSR count). The molecule has 4 N–H and O–H groups in total. The van der Waals surface area contributed by atoms with Gasteiger partial charge in [0.2, 0.25) is 0 Å². The molecule has 0 spiro atoms. The molecule has 1 saturated heterocycles. The number of phosphoric acid groups is 3. The van der Waals surface area contributed by atoms with Gasteiger partial charge in [-0.05, 0) is 6.92 Å². The normalized spacial score (nSPS) is 29.6. The highest BCUT2D eigenvalue weighted by Gasteiger charge is 2.42. The van der Waals surface area contributed by atoms with E-state index in [1.807, 2.05) is 0 Å². The lowest BCUT2D eigenvalue weighted by Gasteiger charge is -2.20. The van der Waals surface area contributed by atoms with Crippen molar-refractivity contribution in [3.05, 3.63) is 0 Å². The summed E-state index contributed by atoms with van der Waals surface area (Å²) in [6, 6.07) is 0. The number of phosphoric ester groups is 1. The molecule has 0 aromatic carbocycles. The SMILES string of the molecule is C#CCOC1CC(C)OC1COP(=O)(O)OP(=O)(O)OP(=O)(O)O. The van der Waals surface area contributed by atoms with Gasteiger partial charge in [0, 0.05) is 6.42 Å². The van der Waals surface area contributed by atoms with Crippen LogP contribution in [-0.2, 0) is 36.3 Å². The molecular formula is C9H17O12P3. The van der Waals surface area contributed by atoms with Gasteiger partial charge in [0.05, 0.1) is 18.8 Å². The first kappa shape index (κ1) is 21.9. The van der Waals surface area contributed by atoms with Crippen molar-refractivity contribution in [3.8, 4) is 12.3 Å². The van der Waals surface area contributed by atoms with E-state index in [2.05, 4.69) is 19.1 Å². The Morgan fingerprint density at radius 1 is 1.17 bits per heavy atom. The average molecular weight is 410 g/mol. The fourth-order valence-electron chi connectivity index (χ4n) is 1.87. The van der Waals surface area contributed by atoms with Crippen LogP contribution in [0.5, 0.6) is 0 Å². The van der Waals surface area contributed by atoms with E-state index in [-0.39, 0.29) is 12.7 Å². The molecule has 0 saturated carbocycles. The summed E-state index contributed by atoms with van der Waals surface area (Å²) in [5.74, 6) is 2.25. The molecule has 5 atom stereocenters. The Morgan fingerprint density at radius 2 is 1.79 bits per heavy atom. The van der Waals surface area contributed by atoms with Crippen molar-refractivity contribution in [1.82, 2.24) is 0 Å².